The highest BCUT2D eigenvalue weighted by atomic mass is 14.1. The normalized spacial score (nSPS) is 10.5. The van der Waals surface area contributed by atoms with E-state index in [9.17, 15) is 0 Å². The van der Waals surface area contributed by atoms with Crippen molar-refractivity contribution in [2.75, 3.05) is 0 Å². The lowest BCUT2D eigenvalue weighted by atomic mass is 9.96. The second kappa shape index (κ2) is 6.41. The van der Waals surface area contributed by atoms with Crippen molar-refractivity contribution in [2.45, 2.75) is 19.8 Å². The molecule has 0 fully saturated rings. The van der Waals surface area contributed by atoms with Crippen molar-refractivity contribution < 1.29 is 0 Å². The van der Waals surface area contributed by atoms with Gasteiger partial charge in [-0.3, -0.25) is 0 Å². The summed E-state index contributed by atoms with van der Waals surface area (Å²) >= 11 is 0. The second-order valence-corrected chi connectivity index (χ2v) is 5.37. The Morgan fingerprint density at radius 3 is 1.95 bits per heavy atom. The first-order valence-electron chi connectivity index (χ1n) is 7.58. The van der Waals surface area contributed by atoms with Crippen LogP contribution >= 0.6 is 0 Å². The molecule has 0 aliphatic carbocycles. The summed E-state index contributed by atoms with van der Waals surface area (Å²) in [6.07, 6.45) is 2.07. The van der Waals surface area contributed by atoms with E-state index in [0.29, 0.717) is 0 Å². The number of hydrogen-bond acceptors (Lipinski definition) is 0. The molecule has 0 spiro atoms. The number of hydrogen-bond donors (Lipinski definition) is 0. The lowest BCUT2D eigenvalue weighted by Crippen LogP contribution is -1.90. The van der Waals surface area contributed by atoms with Gasteiger partial charge in [0, 0.05) is 0 Å². The topological polar surface area (TPSA) is 0 Å². The van der Waals surface area contributed by atoms with Gasteiger partial charge in [0.2, 0.25) is 0 Å². The van der Waals surface area contributed by atoms with Gasteiger partial charge in [-0.2, -0.15) is 0 Å². The Hall–Kier alpha value is -2.34. The minimum atomic E-state index is 0.997. The van der Waals surface area contributed by atoms with E-state index in [1.165, 1.54) is 27.8 Å². The molecule has 3 aromatic rings. The quantitative estimate of drug-likeness (QED) is 0.587. The van der Waals surface area contributed by atoms with Gasteiger partial charge in [0.25, 0.3) is 0 Å². The number of aryl methyl sites for hydroxylation is 1. The Kier molecular flexibility index (Phi) is 4.16. The van der Waals surface area contributed by atoms with Gasteiger partial charge in [-0.1, -0.05) is 85.8 Å². The molecule has 3 rings (SSSR count). The van der Waals surface area contributed by atoms with E-state index >= 15 is 0 Å². The SMILES string of the molecule is CCc1ccccc1-c1ccc(Cc2ccccc2)cc1. The molecule has 3 aromatic carbocycles. The zero-order valence-electron chi connectivity index (χ0n) is 12.4. The van der Waals surface area contributed by atoms with E-state index in [2.05, 4.69) is 85.8 Å². The van der Waals surface area contributed by atoms with Crippen LogP contribution < -0.4 is 0 Å². The van der Waals surface area contributed by atoms with Crippen molar-refractivity contribution in [3.8, 4) is 11.1 Å². The van der Waals surface area contributed by atoms with Crippen molar-refractivity contribution >= 4 is 0 Å². The third kappa shape index (κ3) is 3.22. The highest BCUT2D eigenvalue weighted by Gasteiger charge is 2.03. The number of benzene rings is 3. The van der Waals surface area contributed by atoms with Crippen molar-refractivity contribution in [1.29, 1.82) is 0 Å². The predicted molar refractivity (Wildman–Crippen MR) is 90.5 cm³/mol. The van der Waals surface area contributed by atoms with Gasteiger partial charge >= 0.3 is 0 Å². The maximum Gasteiger partial charge on any atom is -0.00258 e. The molecular weight excluding hydrogens is 252 g/mol. The summed E-state index contributed by atoms with van der Waals surface area (Å²) in [6, 6.07) is 28.3. The summed E-state index contributed by atoms with van der Waals surface area (Å²) in [5, 5.41) is 0. The summed E-state index contributed by atoms with van der Waals surface area (Å²) in [5.41, 5.74) is 6.79. The smallest absolute Gasteiger partial charge is 0.00258 e. The molecule has 0 N–H and O–H groups in total. The van der Waals surface area contributed by atoms with Crippen molar-refractivity contribution in [1.82, 2.24) is 0 Å². The van der Waals surface area contributed by atoms with Gasteiger partial charge in [-0.15, -0.1) is 0 Å². The van der Waals surface area contributed by atoms with Crippen LogP contribution in [0.2, 0.25) is 0 Å². The summed E-state index contributed by atoms with van der Waals surface area (Å²) in [4.78, 5) is 0. The van der Waals surface area contributed by atoms with Gasteiger partial charge < -0.3 is 0 Å². The van der Waals surface area contributed by atoms with Crippen LogP contribution in [0, 0.1) is 0 Å². The minimum Gasteiger partial charge on any atom is -0.0622 e. The predicted octanol–water partition coefficient (Wildman–Crippen LogP) is 5.51. The molecule has 104 valence electrons. The highest BCUT2D eigenvalue weighted by Crippen LogP contribution is 2.24. The van der Waals surface area contributed by atoms with E-state index < -0.39 is 0 Å². The molecule has 0 unspecified atom stereocenters. The Morgan fingerprint density at radius 1 is 0.619 bits per heavy atom. The van der Waals surface area contributed by atoms with Crippen LogP contribution in [0.4, 0.5) is 0 Å². The molecule has 0 nitrogen and oxygen atoms in total. The standard InChI is InChI=1S/C21H20/c1-2-19-10-6-7-11-21(19)20-14-12-18(13-15-20)16-17-8-4-3-5-9-17/h3-15H,2,16H2,1H3. The van der Waals surface area contributed by atoms with Crippen LogP contribution in [0.15, 0.2) is 78.9 Å². The second-order valence-electron chi connectivity index (χ2n) is 5.37. The molecule has 0 radical (unpaired) electrons. The number of rotatable bonds is 4. The Morgan fingerprint density at radius 2 is 1.24 bits per heavy atom. The molecule has 0 aliphatic rings. The Balaban J connectivity index is 1.84. The van der Waals surface area contributed by atoms with Gasteiger partial charge in [0.05, 0.1) is 0 Å². The maximum atomic E-state index is 2.24. The van der Waals surface area contributed by atoms with E-state index in [1.54, 1.807) is 0 Å². The van der Waals surface area contributed by atoms with Gasteiger partial charge in [-0.25, -0.2) is 0 Å². The van der Waals surface area contributed by atoms with Gasteiger partial charge in [0.15, 0.2) is 0 Å². The summed E-state index contributed by atoms with van der Waals surface area (Å²) in [7, 11) is 0. The van der Waals surface area contributed by atoms with Gasteiger partial charge in [-0.05, 0) is 40.7 Å². The van der Waals surface area contributed by atoms with Crippen LogP contribution in [-0.4, -0.2) is 0 Å². The first-order valence-corrected chi connectivity index (χ1v) is 7.58. The Labute approximate surface area is 127 Å². The highest BCUT2D eigenvalue weighted by molar-refractivity contribution is 5.67. The zero-order valence-corrected chi connectivity index (χ0v) is 12.4. The molecule has 0 heterocycles. The van der Waals surface area contributed by atoms with Crippen LogP contribution in [0.3, 0.4) is 0 Å². The van der Waals surface area contributed by atoms with E-state index in [4.69, 9.17) is 0 Å². The first-order chi connectivity index (χ1) is 10.4. The van der Waals surface area contributed by atoms with E-state index in [-0.39, 0.29) is 0 Å². The van der Waals surface area contributed by atoms with Crippen molar-refractivity contribution in [2.24, 2.45) is 0 Å². The molecule has 0 aliphatic heterocycles. The zero-order chi connectivity index (χ0) is 14.5. The maximum absolute atomic E-state index is 2.24. The van der Waals surface area contributed by atoms with Gasteiger partial charge in [0.1, 0.15) is 0 Å². The molecule has 0 atom stereocenters. The molecular formula is C21H20. The monoisotopic (exact) mass is 272 g/mol. The third-order valence-corrected chi connectivity index (χ3v) is 3.91. The summed E-state index contributed by atoms with van der Waals surface area (Å²) < 4.78 is 0. The molecule has 0 saturated carbocycles. The molecule has 0 heteroatoms. The first kappa shape index (κ1) is 13.6. The fraction of sp³-hybridized carbons (Fsp3) is 0.143. The van der Waals surface area contributed by atoms with Crippen molar-refractivity contribution in [3.05, 3.63) is 95.6 Å². The van der Waals surface area contributed by atoms with E-state index in [1.807, 2.05) is 0 Å². The lowest BCUT2D eigenvalue weighted by Gasteiger charge is -2.09. The van der Waals surface area contributed by atoms with E-state index in [0.717, 1.165) is 12.8 Å². The minimum absolute atomic E-state index is 0.997. The summed E-state index contributed by atoms with van der Waals surface area (Å²) in [6.45, 7) is 2.21. The lowest BCUT2D eigenvalue weighted by molar-refractivity contribution is 1.14. The van der Waals surface area contributed by atoms with Crippen molar-refractivity contribution in [3.63, 3.8) is 0 Å². The molecule has 0 amide bonds. The summed E-state index contributed by atoms with van der Waals surface area (Å²) in [5.74, 6) is 0. The van der Waals surface area contributed by atoms with Crippen LogP contribution in [0.25, 0.3) is 11.1 Å². The molecule has 0 bridgehead atoms. The average molecular weight is 272 g/mol. The van der Waals surface area contributed by atoms with Crippen LogP contribution in [0.1, 0.15) is 23.6 Å². The largest absolute Gasteiger partial charge is 0.0622 e. The third-order valence-electron chi connectivity index (χ3n) is 3.91. The molecule has 21 heavy (non-hydrogen) atoms. The Bertz CT molecular complexity index is 694. The van der Waals surface area contributed by atoms with Crippen LogP contribution in [0.5, 0.6) is 0 Å². The fourth-order valence-corrected chi connectivity index (χ4v) is 2.74. The van der Waals surface area contributed by atoms with Crippen LogP contribution in [-0.2, 0) is 12.8 Å². The molecule has 0 aromatic heterocycles. The average Bonchev–Trinajstić information content (AvgIpc) is 2.56. The fourth-order valence-electron chi connectivity index (χ4n) is 2.74. The molecule has 0 saturated heterocycles.